The summed E-state index contributed by atoms with van der Waals surface area (Å²) in [4.78, 5) is 11.5. The fourth-order valence-electron chi connectivity index (χ4n) is 3.39. The third kappa shape index (κ3) is 1.84. The van der Waals surface area contributed by atoms with Crippen LogP contribution in [0.1, 0.15) is 30.6 Å². The van der Waals surface area contributed by atoms with Crippen molar-refractivity contribution >= 4 is 5.97 Å². The molecule has 21 heavy (non-hydrogen) atoms. The van der Waals surface area contributed by atoms with E-state index in [4.69, 9.17) is 9.47 Å². The van der Waals surface area contributed by atoms with Crippen LogP contribution in [0.5, 0.6) is 5.75 Å². The predicted octanol–water partition coefficient (Wildman–Crippen LogP) is 3.60. The molecule has 106 valence electrons. The maximum atomic E-state index is 11.5. The molecule has 0 spiro atoms. The van der Waals surface area contributed by atoms with E-state index in [9.17, 15) is 4.79 Å². The first kappa shape index (κ1) is 12.5. The highest BCUT2D eigenvalue weighted by atomic mass is 16.6. The minimum absolute atomic E-state index is 0.193. The molecule has 0 radical (unpaired) electrons. The number of hydrogen-bond donors (Lipinski definition) is 0. The maximum Gasteiger partial charge on any atom is 0.303 e. The lowest BCUT2D eigenvalue weighted by Crippen LogP contribution is -2.28. The average Bonchev–Trinajstić information content (AvgIpc) is 3.23. The molecule has 3 atom stereocenters. The molecule has 2 aliphatic rings. The molecule has 2 aromatic carbocycles. The summed E-state index contributed by atoms with van der Waals surface area (Å²) in [6.07, 6.45) is 0.663. The quantitative estimate of drug-likeness (QED) is 0.788. The Morgan fingerprint density at radius 2 is 1.86 bits per heavy atom. The molecule has 3 nitrogen and oxygen atoms in total. The van der Waals surface area contributed by atoms with Gasteiger partial charge in [-0.25, -0.2) is 0 Å². The van der Waals surface area contributed by atoms with Gasteiger partial charge in [-0.1, -0.05) is 48.5 Å². The van der Waals surface area contributed by atoms with Gasteiger partial charge >= 0.3 is 5.97 Å². The van der Waals surface area contributed by atoms with Crippen LogP contribution in [0.2, 0.25) is 0 Å². The van der Waals surface area contributed by atoms with Crippen LogP contribution in [-0.2, 0) is 15.1 Å². The lowest BCUT2D eigenvalue weighted by molar-refractivity contribution is -0.149. The molecular formula is C18H16O3. The van der Waals surface area contributed by atoms with Gasteiger partial charge in [0, 0.05) is 24.8 Å². The van der Waals surface area contributed by atoms with E-state index in [1.807, 2.05) is 42.5 Å². The summed E-state index contributed by atoms with van der Waals surface area (Å²) in [6, 6.07) is 18.0. The van der Waals surface area contributed by atoms with Gasteiger partial charge in [-0.2, -0.15) is 0 Å². The van der Waals surface area contributed by atoms with Crippen LogP contribution in [0.15, 0.2) is 54.6 Å². The third-order valence-corrected chi connectivity index (χ3v) is 4.40. The molecule has 1 aliphatic heterocycles. The first-order valence-corrected chi connectivity index (χ1v) is 7.21. The smallest absolute Gasteiger partial charge is 0.303 e. The van der Waals surface area contributed by atoms with E-state index in [1.165, 1.54) is 6.92 Å². The SMILES string of the molecule is CC(=O)OC1c2ccccc2OC2(c3ccccc3)CC12. The number of esters is 1. The molecule has 0 bridgehead atoms. The molecule has 1 heterocycles. The molecule has 2 aromatic rings. The van der Waals surface area contributed by atoms with Crippen molar-refractivity contribution in [3.63, 3.8) is 0 Å². The zero-order valence-corrected chi connectivity index (χ0v) is 11.8. The topological polar surface area (TPSA) is 35.5 Å². The number of hydrogen-bond acceptors (Lipinski definition) is 3. The fraction of sp³-hybridized carbons (Fsp3) is 0.278. The van der Waals surface area contributed by atoms with Crippen molar-refractivity contribution in [3.05, 3.63) is 65.7 Å². The summed E-state index contributed by atoms with van der Waals surface area (Å²) in [5.41, 5.74) is 1.79. The van der Waals surface area contributed by atoms with E-state index in [1.54, 1.807) is 0 Å². The van der Waals surface area contributed by atoms with Gasteiger partial charge in [0.15, 0.2) is 0 Å². The molecule has 1 aliphatic carbocycles. The molecule has 0 aromatic heterocycles. The van der Waals surface area contributed by atoms with E-state index in [0.717, 1.165) is 23.3 Å². The van der Waals surface area contributed by atoms with E-state index in [-0.39, 0.29) is 23.6 Å². The highest BCUT2D eigenvalue weighted by Crippen LogP contribution is 2.65. The Kier molecular flexibility index (Phi) is 2.58. The van der Waals surface area contributed by atoms with Crippen LogP contribution in [-0.4, -0.2) is 5.97 Å². The van der Waals surface area contributed by atoms with Crippen molar-refractivity contribution in [1.29, 1.82) is 0 Å². The van der Waals surface area contributed by atoms with Crippen LogP contribution in [0.4, 0.5) is 0 Å². The van der Waals surface area contributed by atoms with Crippen LogP contribution >= 0.6 is 0 Å². The zero-order valence-electron chi connectivity index (χ0n) is 11.8. The Morgan fingerprint density at radius 3 is 2.62 bits per heavy atom. The first-order chi connectivity index (χ1) is 10.2. The van der Waals surface area contributed by atoms with Gasteiger partial charge in [0.25, 0.3) is 0 Å². The normalized spacial score (nSPS) is 28.8. The van der Waals surface area contributed by atoms with E-state index >= 15 is 0 Å². The fourth-order valence-corrected chi connectivity index (χ4v) is 3.39. The number of carbonyl (C=O) groups is 1. The van der Waals surface area contributed by atoms with Gasteiger partial charge in [-0.15, -0.1) is 0 Å². The molecule has 0 saturated heterocycles. The van der Waals surface area contributed by atoms with Crippen LogP contribution < -0.4 is 4.74 Å². The highest BCUT2D eigenvalue weighted by molar-refractivity contribution is 5.67. The summed E-state index contributed by atoms with van der Waals surface area (Å²) < 4.78 is 11.9. The highest BCUT2D eigenvalue weighted by Gasteiger charge is 2.65. The first-order valence-electron chi connectivity index (χ1n) is 7.21. The Hall–Kier alpha value is -2.29. The largest absolute Gasteiger partial charge is 0.482 e. The number of para-hydroxylation sites is 1. The van der Waals surface area contributed by atoms with E-state index < -0.39 is 0 Å². The Labute approximate surface area is 123 Å². The number of benzene rings is 2. The summed E-state index contributed by atoms with van der Waals surface area (Å²) in [7, 11) is 0. The lowest BCUT2D eigenvalue weighted by Gasteiger charge is -2.31. The van der Waals surface area contributed by atoms with Gasteiger partial charge in [0.05, 0.1) is 0 Å². The van der Waals surface area contributed by atoms with Crippen LogP contribution in [0, 0.1) is 5.92 Å². The molecule has 1 saturated carbocycles. The zero-order chi connectivity index (χ0) is 14.4. The number of carbonyl (C=O) groups excluding carboxylic acids is 1. The van der Waals surface area contributed by atoms with Crippen molar-refractivity contribution in [2.75, 3.05) is 0 Å². The number of ether oxygens (including phenoxy) is 2. The van der Waals surface area contributed by atoms with E-state index in [0.29, 0.717) is 0 Å². The van der Waals surface area contributed by atoms with Gasteiger partial charge in [-0.3, -0.25) is 4.79 Å². The molecule has 1 fully saturated rings. The molecular weight excluding hydrogens is 264 g/mol. The summed E-state index contributed by atoms with van der Waals surface area (Å²) >= 11 is 0. The second-order valence-electron chi connectivity index (χ2n) is 5.74. The lowest BCUT2D eigenvalue weighted by atomic mass is 9.95. The second kappa shape index (κ2) is 4.35. The molecule has 0 N–H and O–H groups in total. The maximum absolute atomic E-state index is 11.5. The summed E-state index contributed by atoms with van der Waals surface area (Å²) in [5.74, 6) is 0.769. The van der Waals surface area contributed by atoms with E-state index in [2.05, 4.69) is 12.1 Å². The molecule has 3 heteroatoms. The van der Waals surface area contributed by atoms with Crippen molar-refractivity contribution in [2.45, 2.75) is 25.0 Å². The number of fused-ring (bicyclic) bond motifs is 2. The summed E-state index contributed by atoms with van der Waals surface area (Å²) in [6.45, 7) is 1.46. The van der Waals surface area contributed by atoms with Crippen LogP contribution in [0.25, 0.3) is 0 Å². The molecule has 4 rings (SSSR count). The van der Waals surface area contributed by atoms with Crippen molar-refractivity contribution in [1.82, 2.24) is 0 Å². The van der Waals surface area contributed by atoms with Gasteiger partial charge < -0.3 is 9.47 Å². The van der Waals surface area contributed by atoms with Gasteiger partial charge in [0.1, 0.15) is 17.5 Å². The molecule has 0 amide bonds. The summed E-state index contributed by atoms with van der Waals surface area (Å²) in [5, 5.41) is 0. The predicted molar refractivity (Wildman–Crippen MR) is 77.8 cm³/mol. The Balaban J connectivity index is 1.79. The van der Waals surface area contributed by atoms with Crippen LogP contribution in [0.3, 0.4) is 0 Å². The number of rotatable bonds is 2. The standard InChI is InChI=1S/C18H16O3/c1-12(19)20-17-14-9-5-6-10-16(14)21-18(11-15(17)18)13-7-3-2-4-8-13/h2-10,15,17H,11H2,1H3. The average molecular weight is 280 g/mol. The monoisotopic (exact) mass is 280 g/mol. The minimum atomic E-state index is -0.338. The second-order valence-corrected chi connectivity index (χ2v) is 5.74. The van der Waals surface area contributed by atoms with Crippen molar-refractivity contribution in [2.24, 2.45) is 5.92 Å². The third-order valence-electron chi connectivity index (χ3n) is 4.40. The van der Waals surface area contributed by atoms with Gasteiger partial charge in [0.2, 0.25) is 0 Å². The van der Waals surface area contributed by atoms with Crippen molar-refractivity contribution < 1.29 is 14.3 Å². The Morgan fingerprint density at radius 1 is 1.14 bits per heavy atom. The van der Waals surface area contributed by atoms with Crippen molar-refractivity contribution in [3.8, 4) is 5.75 Å². The minimum Gasteiger partial charge on any atom is -0.482 e. The molecule has 3 unspecified atom stereocenters. The van der Waals surface area contributed by atoms with Gasteiger partial charge in [-0.05, 0) is 11.6 Å². The Bertz CT molecular complexity index is 695.